The van der Waals surface area contributed by atoms with E-state index in [2.05, 4.69) is 193 Å². The van der Waals surface area contributed by atoms with Crippen LogP contribution in [0, 0.1) is 5.92 Å². The smallest absolute Gasteiger partial charge is 0.155 e. The molecule has 3 aromatic heterocycles. The highest BCUT2D eigenvalue weighted by Crippen LogP contribution is 2.46. The van der Waals surface area contributed by atoms with Crippen molar-refractivity contribution in [1.29, 1.82) is 0 Å². The predicted molar refractivity (Wildman–Crippen MR) is 264 cm³/mol. The average Bonchev–Trinajstić information content (AvgIpc) is 3.94. The first-order valence-electron chi connectivity index (χ1n) is 21.1. The van der Waals surface area contributed by atoms with E-state index in [9.17, 15) is 0 Å². The van der Waals surface area contributed by atoms with Crippen molar-refractivity contribution < 1.29 is 0 Å². The number of benzene rings is 9. The summed E-state index contributed by atoms with van der Waals surface area (Å²) in [6.45, 7) is 2.34. The Hall–Kier alpha value is -6.92. The number of nitrogens with zero attached hydrogens (tertiary/aromatic N) is 3. The van der Waals surface area contributed by atoms with Crippen molar-refractivity contribution in [2.75, 3.05) is 0 Å². The molecule has 0 N–H and O–H groups in total. The number of hydrogen-bond donors (Lipinski definition) is 0. The number of aromatic nitrogens is 1. The third kappa shape index (κ3) is 5.47. The molecule has 4 heterocycles. The molecule has 1 aliphatic heterocycles. The fourth-order valence-electron chi connectivity index (χ4n) is 9.99. The number of hydrogen-bond acceptors (Lipinski definition) is 4. The largest absolute Gasteiger partial charge is 0.308 e. The fraction of sp³-hybridized carbons (Fsp3) is 0.0714. The molecule has 3 nitrogen and oxygen atoms in total. The van der Waals surface area contributed by atoms with Crippen molar-refractivity contribution >= 4 is 118 Å². The van der Waals surface area contributed by atoms with Crippen LogP contribution < -0.4 is 0 Å². The molecule has 2 atom stereocenters. The minimum atomic E-state index is -0.129. The number of amidine groups is 1. The number of rotatable bonds is 4. The summed E-state index contributed by atoms with van der Waals surface area (Å²) in [4.78, 5) is 11.2. The van der Waals surface area contributed by atoms with Gasteiger partial charge in [-0.2, -0.15) is 0 Å². The van der Waals surface area contributed by atoms with Crippen LogP contribution in [-0.2, 0) is 0 Å². The van der Waals surface area contributed by atoms with Gasteiger partial charge >= 0.3 is 0 Å². The van der Waals surface area contributed by atoms with Crippen molar-refractivity contribution in [3.8, 4) is 5.69 Å². The first kappa shape index (κ1) is 34.9. The summed E-state index contributed by atoms with van der Waals surface area (Å²) in [5.74, 6) is 0.930. The van der Waals surface area contributed by atoms with Gasteiger partial charge in [-0.25, -0.2) is 4.99 Å². The second kappa shape index (κ2) is 13.5. The normalized spacial score (nSPS) is 16.1. The molecule has 12 aromatic rings. The van der Waals surface area contributed by atoms with E-state index in [1.165, 1.54) is 101 Å². The SMILES string of the molecule is CC1CC(c2cc(-n3c4cc5ccccc5cc4c4c5ccccc5ccc43)c3sc4ccccc4c3c2)N=C(c2ccccc2)N=C1c1ccc2c(c1)sc1ccccc12. The maximum Gasteiger partial charge on any atom is 0.155 e. The molecule has 0 bridgehead atoms. The Balaban J connectivity index is 1.05. The van der Waals surface area contributed by atoms with E-state index in [0.717, 1.165) is 23.5 Å². The van der Waals surface area contributed by atoms with Crippen LogP contribution in [0.2, 0.25) is 0 Å². The second-order valence-corrected chi connectivity index (χ2v) is 18.7. The van der Waals surface area contributed by atoms with Crippen molar-refractivity contribution in [2.24, 2.45) is 15.9 Å². The lowest BCUT2D eigenvalue weighted by Gasteiger charge is -2.19. The summed E-state index contributed by atoms with van der Waals surface area (Å²) in [5.41, 5.74) is 8.12. The Bertz CT molecular complexity index is 3830. The number of fused-ring (bicyclic) bond motifs is 12. The molecule has 9 aromatic carbocycles. The highest BCUT2D eigenvalue weighted by atomic mass is 32.1. The minimum absolute atomic E-state index is 0.129. The molecule has 0 aliphatic carbocycles. The quantitative estimate of drug-likeness (QED) is 0.169. The highest BCUT2D eigenvalue weighted by molar-refractivity contribution is 7.26. The van der Waals surface area contributed by atoms with Gasteiger partial charge in [0.05, 0.1) is 33.2 Å². The molecule has 2 unspecified atom stereocenters. The number of thiophene rings is 2. The van der Waals surface area contributed by atoms with Crippen LogP contribution in [0.15, 0.2) is 192 Å². The topological polar surface area (TPSA) is 29.6 Å². The lowest BCUT2D eigenvalue weighted by atomic mass is 9.89. The van der Waals surface area contributed by atoms with Gasteiger partial charge in [0.15, 0.2) is 5.84 Å². The van der Waals surface area contributed by atoms with E-state index < -0.39 is 0 Å². The maximum atomic E-state index is 5.67. The molecule has 0 radical (unpaired) electrons. The average molecular weight is 816 g/mol. The van der Waals surface area contributed by atoms with Gasteiger partial charge in [-0.3, -0.25) is 4.99 Å². The fourth-order valence-corrected chi connectivity index (χ4v) is 12.3. The molecule has 0 amide bonds. The molecule has 0 saturated heterocycles. The summed E-state index contributed by atoms with van der Waals surface area (Å²) in [6, 6.07) is 66.9. The second-order valence-electron chi connectivity index (χ2n) is 16.5. The Morgan fingerprint density at radius 1 is 0.492 bits per heavy atom. The Morgan fingerprint density at radius 3 is 1.98 bits per heavy atom. The third-order valence-electron chi connectivity index (χ3n) is 12.9. The van der Waals surface area contributed by atoms with E-state index in [-0.39, 0.29) is 12.0 Å². The van der Waals surface area contributed by atoms with Crippen molar-refractivity contribution in [2.45, 2.75) is 19.4 Å². The molecule has 0 fully saturated rings. The maximum absolute atomic E-state index is 5.67. The molecule has 0 saturated carbocycles. The Morgan fingerprint density at radius 2 is 1.16 bits per heavy atom. The summed E-state index contributed by atoms with van der Waals surface area (Å²) < 4.78 is 7.73. The number of aliphatic imine (C=N–C) groups is 2. The van der Waals surface area contributed by atoms with E-state index in [4.69, 9.17) is 9.98 Å². The molecular formula is C56H37N3S2. The molecule has 0 spiro atoms. The van der Waals surface area contributed by atoms with Crippen molar-refractivity contribution in [1.82, 2.24) is 4.57 Å². The first-order chi connectivity index (χ1) is 30.1. The van der Waals surface area contributed by atoms with Gasteiger partial charge in [-0.05, 0) is 87.6 Å². The van der Waals surface area contributed by atoms with Gasteiger partial charge in [-0.1, -0.05) is 140 Å². The summed E-state index contributed by atoms with van der Waals surface area (Å²) in [6.07, 6.45) is 0.828. The van der Waals surface area contributed by atoms with Crippen LogP contribution in [0.3, 0.4) is 0 Å². The van der Waals surface area contributed by atoms with Crippen LogP contribution in [0.5, 0.6) is 0 Å². The zero-order valence-electron chi connectivity index (χ0n) is 33.3. The monoisotopic (exact) mass is 815 g/mol. The van der Waals surface area contributed by atoms with Gasteiger partial charge in [0.25, 0.3) is 0 Å². The van der Waals surface area contributed by atoms with E-state index in [0.29, 0.717) is 0 Å². The van der Waals surface area contributed by atoms with E-state index in [1.54, 1.807) is 0 Å². The van der Waals surface area contributed by atoms with Gasteiger partial charge in [-0.15, -0.1) is 22.7 Å². The predicted octanol–water partition coefficient (Wildman–Crippen LogP) is 15.8. The van der Waals surface area contributed by atoms with Gasteiger partial charge in [0.1, 0.15) is 0 Å². The standard InChI is InChI=1S/C56H37N3S2/c1-33-27-46(57-56(35-14-3-2-4-15-35)58-54(33)38-23-25-43-41-19-9-11-21-50(41)60-52(43)32-38)39-29-44-42-20-10-12-22-51(42)61-55(44)49(31-39)59-47-26-24-34-13-7-8-18-40(34)53(47)45-28-36-16-5-6-17-37(36)30-48(45)59/h2-26,28-33,46H,27H2,1H3. The van der Waals surface area contributed by atoms with E-state index >= 15 is 0 Å². The lowest BCUT2D eigenvalue weighted by molar-refractivity contribution is 0.582. The van der Waals surface area contributed by atoms with Gasteiger partial charge in [0, 0.05) is 57.9 Å². The molecule has 61 heavy (non-hydrogen) atoms. The molecule has 5 heteroatoms. The summed E-state index contributed by atoms with van der Waals surface area (Å²) >= 11 is 3.75. The van der Waals surface area contributed by atoms with Gasteiger partial charge in [0.2, 0.25) is 0 Å². The molecule has 1 aliphatic rings. The van der Waals surface area contributed by atoms with Crippen LogP contribution in [0.25, 0.3) is 89.4 Å². The van der Waals surface area contributed by atoms with Crippen LogP contribution in [-0.4, -0.2) is 16.1 Å². The minimum Gasteiger partial charge on any atom is -0.308 e. The van der Waals surface area contributed by atoms with Crippen molar-refractivity contribution in [3.05, 3.63) is 199 Å². The highest BCUT2D eigenvalue weighted by Gasteiger charge is 2.28. The zero-order valence-corrected chi connectivity index (χ0v) is 35.0. The molecule has 13 rings (SSSR count). The van der Waals surface area contributed by atoms with E-state index in [1.807, 2.05) is 22.7 Å². The summed E-state index contributed by atoms with van der Waals surface area (Å²) in [5, 5.41) is 12.7. The van der Waals surface area contributed by atoms with Crippen molar-refractivity contribution in [3.63, 3.8) is 0 Å². The third-order valence-corrected chi connectivity index (χ3v) is 15.2. The molecule has 288 valence electrons. The lowest BCUT2D eigenvalue weighted by Crippen LogP contribution is -2.15. The molecular weight excluding hydrogens is 779 g/mol. The Labute approximate surface area is 360 Å². The van der Waals surface area contributed by atoms with Crippen LogP contribution in [0.1, 0.15) is 36.1 Å². The zero-order chi connectivity index (χ0) is 40.2. The van der Waals surface area contributed by atoms with Crippen LogP contribution in [0.4, 0.5) is 0 Å². The van der Waals surface area contributed by atoms with Crippen LogP contribution >= 0.6 is 22.7 Å². The summed E-state index contributed by atoms with van der Waals surface area (Å²) in [7, 11) is 0. The van der Waals surface area contributed by atoms with Gasteiger partial charge < -0.3 is 4.57 Å². The Kier molecular flexibility index (Phi) is 7.75. The first-order valence-corrected chi connectivity index (χ1v) is 22.7.